The van der Waals surface area contributed by atoms with Crippen LogP contribution in [0.5, 0.6) is 0 Å². The van der Waals surface area contributed by atoms with Gasteiger partial charge in [0.2, 0.25) is 0 Å². The number of carbonyl (C=O) groups excluding carboxylic acids is 1. The Morgan fingerprint density at radius 3 is 2.93 bits per heavy atom. The van der Waals surface area contributed by atoms with Gasteiger partial charge in [-0.25, -0.2) is 18.6 Å². The third-order valence-electron chi connectivity index (χ3n) is 1.63. The molecule has 0 bridgehead atoms. The maximum Gasteiger partial charge on any atom is 0.357 e. The van der Waals surface area contributed by atoms with Crippen LogP contribution in [0.25, 0.3) is 0 Å². The average molecular weight is 236 g/mol. The first kappa shape index (κ1) is 11.8. The van der Waals surface area contributed by atoms with E-state index in [0.29, 0.717) is 5.13 Å². The lowest BCUT2D eigenvalue weighted by Gasteiger charge is -2.14. The lowest BCUT2D eigenvalue weighted by atomic mass is 10.5. The van der Waals surface area contributed by atoms with E-state index in [4.69, 9.17) is 0 Å². The Kier molecular flexibility index (Phi) is 3.96. The number of hydrogen-bond acceptors (Lipinski definition) is 5. The molecular formula is C8H10F2N2O2S. The molecule has 4 nitrogen and oxygen atoms in total. The highest BCUT2D eigenvalue weighted by Crippen LogP contribution is 2.20. The van der Waals surface area contributed by atoms with Gasteiger partial charge < -0.3 is 9.64 Å². The van der Waals surface area contributed by atoms with Gasteiger partial charge in [-0.15, -0.1) is 11.3 Å². The molecule has 84 valence electrons. The minimum atomic E-state index is -2.43. The SMILES string of the molecule is COC(=O)c1csc(N(C)CC(F)F)n1. The van der Waals surface area contributed by atoms with Crippen molar-refractivity contribution in [3.63, 3.8) is 0 Å². The lowest BCUT2D eigenvalue weighted by molar-refractivity contribution is 0.0595. The Morgan fingerprint density at radius 2 is 2.40 bits per heavy atom. The summed E-state index contributed by atoms with van der Waals surface area (Å²) in [5, 5.41) is 1.85. The molecule has 0 aliphatic heterocycles. The van der Waals surface area contributed by atoms with E-state index in [2.05, 4.69) is 9.72 Å². The Balaban J connectivity index is 2.71. The summed E-state index contributed by atoms with van der Waals surface area (Å²) >= 11 is 1.12. The molecule has 0 N–H and O–H groups in total. The van der Waals surface area contributed by atoms with Crippen LogP contribution in [-0.2, 0) is 4.74 Å². The monoisotopic (exact) mass is 236 g/mol. The summed E-state index contributed by atoms with van der Waals surface area (Å²) in [6.07, 6.45) is -2.43. The zero-order valence-corrected chi connectivity index (χ0v) is 9.05. The molecule has 0 amide bonds. The van der Waals surface area contributed by atoms with Crippen molar-refractivity contribution in [2.24, 2.45) is 0 Å². The van der Waals surface area contributed by atoms with Gasteiger partial charge >= 0.3 is 5.97 Å². The standard InChI is InChI=1S/C8H10F2N2O2S/c1-12(3-6(9)10)8-11-5(4-15-8)7(13)14-2/h4,6H,3H2,1-2H3. The molecule has 0 saturated carbocycles. The predicted molar refractivity (Wildman–Crippen MR) is 52.7 cm³/mol. The zero-order chi connectivity index (χ0) is 11.4. The van der Waals surface area contributed by atoms with E-state index >= 15 is 0 Å². The van der Waals surface area contributed by atoms with Gasteiger partial charge in [0.1, 0.15) is 0 Å². The molecule has 0 atom stereocenters. The molecule has 0 aromatic carbocycles. The number of anilines is 1. The number of esters is 1. The first-order chi connectivity index (χ1) is 7.04. The van der Waals surface area contributed by atoms with Crippen molar-refractivity contribution in [3.05, 3.63) is 11.1 Å². The van der Waals surface area contributed by atoms with Gasteiger partial charge in [-0.3, -0.25) is 0 Å². The predicted octanol–water partition coefficient (Wildman–Crippen LogP) is 1.63. The van der Waals surface area contributed by atoms with Crippen LogP contribution in [0, 0.1) is 0 Å². The van der Waals surface area contributed by atoms with Crippen molar-refractivity contribution in [2.75, 3.05) is 25.6 Å². The minimum Gasteiger partial charge on any atom is -0.464 e. The summed E-state index contributed by atoms with van der Waals surface area (Å²) in [6.45, 7) is -0.409. The van der Waals surface area contributed by atoms with Gasteiger partial charge in [0, 0.05) is 12.4 Å². The Bertz CT molecular complexity index is 343. The molecule has 0 fully saturated rings. The van der Waals surface area contributed by atoms with Crippen LogP contribution in [0.3, 0.4) is 0 Å². The van der Waals surface area contributed by atoms with Gasteiger partial charge in [0.15, 0.2) is 10.8 Å². The fraction of sp³-hybridized carbons (Fsp3) is 0.500. The molecule has 1 heterocycles. The van der Waals surface area contributed by atoms with Crippen LogP contribution in [0.2, 0.25) is 0 Å². The smallest absolute Gasteiger partial charge is 0.357 e. The number of hydrogen-bond donors (Lipinski definition) is 0. The van der Waals surface area contributed by atoms with Gasteiger partial charge in [-0.2, -0.15) is 0 Å². The summed E-state index contributed by atoms with van der Waals surface area (Å²) in [5.41, 5.74) is 0.138. The lowest BCUT2D eigenvalue weighted by Crippen LogP contribution is -2.23. The van der Waals surface area contributed by atoms with Crippen molar-refractivity contribution in [2.45, 2.75) is 6.43 Å². The van der Waals surface area contributed by atoms with Crippen molar-refractivity contribution < 1.29 is 18.3 Å². The van der Waals surface area contributed by atoms with Crippen molar-refractivity contribution in [1.29, 1.82) is 0 Å². The number of aromatic nitrogens is 1. The van der Waals surface area contributed by atoms with Gasteiger partial charge in [0.25, 0.3) is 6.43 Å². The second-order valence-corrected chi connectivity index (χ2v) is 3.62. The Morgan fingerprint density at radius 1 is 1.73 bits per heavy atom. The quantitative estimate of drug-likeness (QED) is 0.745. The third kappa shape index (κ3) is 3.12. The molecule has 1 aromatic heterocycles. The first-order valence-electron chi connectivity index (χ1n) is 4.07. The largest absolute Gasteiger partial charge is 0.464 e. The van der Waals surface area contributed by atoms with Gasteiger partial charge in [-0.1, -0.05) is 0 Å². The molecule has 15 heavy (non-hydrogen) atoms. The van der Waals surface area contributed by atoms with Crippen LogP contribution in [0.1, 0.15) is 10.5 Å². The molecule has 0 aliphatic carbocycles. The fourth-order valence-electron chi connectivity index (χ4n) is 0.923. The van der Waals surface area contributed by atoms with E-state index in [0.717, 1.165) is 11.3 Å². The summed E-state index contributed by atoms with van der Waals surface area (Å²) in [7, 11) is 2.73. The topological polar surface area (TPSA) is 42.4 Å². The van der Waals surface area contributed by atoms with E-state index in [9.17, 15) is 13.6 Å². The van der Waals surface area contributed by atoms with Crippen LogP contribution in [0.4, 0.5) is 13.9 Å². The van der Waals surface area contributed by atoms with Crippen LogP contribution in [-0.4, -0.2) is 38.1 Å². The highest BCUT2D eigenvalue weighted by Gasteiger charge is 2.15. The number of methoxy groups -OCH3 is 1. The molecular weight excluding hydrogens is 226 g/mol. The zero-order valence-electron chi connectivity index (χ0n) is 8.24. The summed E-state index contributed by atoms with van der Waals surface area (Å²) < 4.78 is 28.5. The van der Waals surface area contributed by atoms with E-state index in [1.54, 1.807) is 0 Å². The molecule has 1 aromatic rings. The maximum atomic E-state index is 12.0. The molecule has 0 radical (unpaired) electrons. The normalized spacial score (nSPS) is 10.5. The number of ether oxygens (including phenoxy) is 1. The van der Waals surface area contributed by atoms with E-state index in [-0.39, 0.29) is 5.69 Å². The highest BCUT2D eigenvalue weighted by molar-refractivity contribution is 7.13. The van der Waals surface area contributed by atoms with E-state index in [1.807, 2.05) is 0 Å². The maximum absolute atomic E-state index is 12.0. The Hall–Kier alpha value is -1.24. The van der Waals surface area contributed by atoms with Crippen LogP contribution >= 0.6 is 11.3 Å². The first-order valence-corrected chi connectivity index (χ1v) is 4.95. The summed E-state index contributed by atoms with van der Waals surface area (Å²) in [6, 6.07) is 0. The number of rotatable bonds is 4. The number of halogens is 2. The Labute approximate surface area is 89.5 Å². The number of thiazole rings is 1. The number of alkyl halides is 2. The molecule has 1 rings (SSSR count). The van der Waals surface area contributed by atoms with Crippen molar-refractivity contribution in [1.82, 2.24) is 4.98 Å². The number of carbonyl (C=O) groups is 1. The molecule has 7 heteroatoms. The van der Waals surface area contributed by atoms with Crippen molar-refractivity contribution in [3.8, 4) is 0 Å². The molecule has 0 saturated heterocycles. The van der Waals surface area contributed by atoms with E-state index in [1.165, 1.54) is 24.4 Å². The second-order valence-electron chi connectivity index (χ2n) is 2.78. The summed E-state index contributed by atoms with van der Waals surface area (Å²) in [4.78, 5) is 16.2. The van der Waals surface area contributed by atoms with Crippen molar-refractivity contribution >= 4 is 22.4 Å². The van der Waals surface area contributed by atoms with Gasteiger partial charge in [0.05, 0.1) is 13.7 Å². The number of nitrogens with zero attached hydrogens (tertiary/aromatic N) is 2. The minimum absolute atomic E-state index is 0.138. The highest BCUT2D eigenvalue weighted by atomic mass is 32.1. The second kappa shape index (κ2) is 5.01. The average Bonchev–Trinajstić information content (AvgIpc) is 2.64. The third-order valence-corrected chi connectivity index (χ3v) is 2.58. The van der Waals surface area contributed by atoms with E-state index < -0.39 is 18.9 Å². The summed E-state index contributed by atoms with van der Waals surface area (Å²) in [5.74, 6) is -0.567. The van der Waals surface area contributed by atoms with Gasteiger partial charge in [-0.05, 0) is 0 Å². The molecule has 0 unspecified atom stereocenters. The molecule has 0 aliphatic rings. The molecule has 0 spiro atoms. The fourth-order valence-corrected chi connectivity index (χ4v) is 1.69. The van der Waals surface area contributed by atoms with Crippen LogP contribution < -0.4 is 4.90 Å². The van der Waals surface area contributed by atoms with Crippen LogP contribution in [0.15, 0.2) is 5.38 Å².